The number of nitrogens with zero attached hydrogens (tertiary/aromatic N) is 1. The van der Waals surface area contributed by atoms with E-state index < -0.39 is 69.3 Å². The van der Waals surface area contributed by atoms with E-state index in [1.807, 2.05) is 102 Å². The lowest BCUT2D eigenvalue weighted by atomic mass is 10.00. The van der Waals surface area contributed by atoms with Gasteiger partial charge in [-0.15, -0.1) is 0 Å². The maximum atomic E-state index is 13.9. The van der Waals surface area contributed by atoms with Crippen LogP contribution in [0.25, 0.3) is 0 Å². The molecule has 2 amide bonds. The van der Waals surface area contributed by atoms with Crippen LogP contribution in [-0.4, -0.2) is 142 Å². The number of carbonyl (C=O) groups is 2. The third-order valence-corrected chi connectivity index (χ3v) is 14.2. The van der Waals surface area contributed by atoms with E-state index in [0.717, 1.165) is 30.5 Å². The predicted octanol–water partition coefficient (Wildman–Crippen LogP) is 7.61. The second kappa shape index (κ2) is 28.5. The summed E-state index contributed by atoms with van der Waals surface area (Å²) in [7, 11) is -2.51. The molecular formula is C55H86N4O13S. The largest absolute Gasteiger partial charge is 0.497 e. The molecule has 2 aliphatic rings. The SMILES string of the molecule is CC(CCC1(C)OCCO1)CNC[C@@H](O)[C@H](Cc1ccccc1)NC(=O)OC(C)(C)C.COc1ccc(S(=O)(=O)N(CC(C)CCC2(C)OCCO2)C[C@@H](O)[C@H](Cc2ccccc2)NC(=O)OC(C)(C)C)cc1. The Morgan fingerprint density at radius 3 is 1.49 bits per heavy atom. The number of rotatable bonds is 25. The molecule has 5 N–H and O–H groups in total. The van der Waals surface area contributed by atoms with Crippen LogP contribution in [0, 0.1) is 11.8 Å². The molecule has 17 nitrogen and oxygen atoms in total. The van der Waals surface area contributed by atoms with Gasteiger partial charge in [-0.2, -0.15) is 4.31 Å². The molecule has 2 aliphatic heterocycles. The minimum atomic E-state index is -4.02. The Kier molecular flexibility index (Phi) is 23.9. The van der Waals surface area contributed by atoms with Crippen molar-refractivity contribution in [2.24, 2.45) is 11.8 Å². The van der Waals surface area contributed by atoms with Gasteiger partial charge in [0, 0.05) is 32.5 Å². The fourth-order valence-corrected chi connectivity index (χ4v) is 9.88. The predicted molar refractivity (Wildman–Crippen MR) is 281 cm³/mol. The Bertz CT molecular complexity index is 2180. The molecule has 2 fully saturated rings. The van der Waals surface area contributed by atoms with Crippen LogP contribution in [0.5, 0.6) is 5.75 Å². The molecule has 3 aromatic carbocycles. The number of carbonyl (C=O) groups excluding carboxylic acids is 2. The Morgan fingerprint density at radius 2 is 1.07 bits per heavy atom. The van der Waals surface area contributed by atoms with Crippen molar-refractivity contribution in [2.45, 2.75) is 160 Å². The Hall–Kier alpha value is -4.37. The van der Waals surface area contributed by atoms with Crippen molar-refractivity contribution in [3.8, 4) is 5.75 Å². The zero-order valence-electron chi connectivity index (χ0n) is 45.2. The minimum Gasteiger partial charge on any atom is -0.497 e. The van der Waals surface area contributed by atoms with E-state index in [2.05, 4.69) is 22.9 Å². The summed E-state index contributed by atoms with van der Waals surface area (Å²) in [6.07, 6.45) is 0.644. The number of aliphatic hydroxyl groups is 2. The minimum absolute atomic E-state index is 0.0804. The average molecular weight is 1040 g/mol. The smallest absolute Gasteiger partial charge is 0.407 e. The standard InChI is InChI=1S/C31H46N2O8S.C24H40N2O5/c1-23(16-17-31(5)39-18-19-40-31)21-33(42(36,37)26-14-12-25(38-6)13-15-26)22-28(34)27(20-24-10-8-7-9-11-24)32-29(35)41-30(2,3)4;1-18(11-12-24(5)29-13-14-30-24)16-25-17-21(27)20(15-19-9-7-6-8-10-19)26-22(28)31-23(2,3)4/h7-15,23,27-28,34H,16-22H2,1-6H3,(H,32,35);6-10,18,20-21,25,27H,11-17H2,1-5H3,(H,26,28)/t23?,27-,28+;18?,20-,21+/m00/s1. The van der Waals surface area contributed by atoms with Crippen molar-refractivity contribution in [1.82, 2.24) is 20.3 Å². The van der Waals surface area contributed by atoms with Crippen molar-refractivity contribution in [3.63, 3.8) is 0 Å². The van der Waals surface area contributed by atoms with Gasteiger partial charge in [0.1, 0.15) is 17.0 Å². The van der Waals surface area contributed by atoms with Gasteiger partial charge in [0.15, 0.2) is 11.6 Å². The van der Waals surface area contributed by atoms with Gasteiger partial charge in [0.2, 0.25) is 10.0 Å². The Labute approximate surface area is 435 Å². The fraction of sp³-hybridized carbons (Fsp3) is 0.636. The summed E-state index contributed by atoms with van der Waals surface area (Å²) >= 11 is 0. The van der Waals surface area contributed by atoms with E-state index in [0.29, 0.717) is 63.9 Å². The summed E-state index contributed by atoms with van der Waals surface area (Å²) in [6, 6.07) is 24.1. The molecule has 2 unspecified atom stereocenters. The molecule has 0 bridgehead atoms. The monoisotopic (exact) mass is 1040 g/mol. The molecule has 0 spiro atoms. The van der Waals surface area contributed by atoms with Gasteiger partial charge in [-0.1, -0.05) is 74.5 Å². The lowest BCUT2D eigenvalue weighted by Gasteiger charge is -2.32. The highest BCUT2D eigenvalue weighted by atomic mass is 32.2. The summed E-state index contributed by atoms with van der Waals surface area (Å²) in [6.45, 7) is 22.1. The summed E-state index contributed by atoms with van der Waals surface area (Å²) in [5, 5.41) is 31.3. The maximum absolute atomic E-state index is 13.9. The lowest BCUT2D eigenvalue weighted by Crippen LogP contribution is -2.52. The number of hydrogen-bond acceptors (Lipinski definition) is 14. The molecule has 18 heteroatoms. The highest BCUT2D eigenvalue weighted by Crippen LogP contribution is 2.29. The van der Waals surface area contributed by atoms with Crippen LogP contribution >= 0.6 is 0 Å². The highest BCUT2D eigenvalue weighted by molar-refractivity contribution is 7.89. The summed E-state index contributed by atoms with van der Waals surface area (Å²) in [5.41, 5.74) is 0.583. The quantitative estimate of drug-likeness (QED) is 0.0553. The number of aliphatic hydroxyl groups excluding tert-OH is 2. The first kappa shape index (κ1) is 61.2. The number of nitrogens with one attached hydrogen (secondary N) is 3. The summed E-state index contributed by atoms with van der Waals surface area (Å²) < 4.78 is 67.9. The van der Waals surface area contributed by atoms with Crippen molar-refractivity contribution < 1.29 is 61.4 Å². The maximum Gasteiger partial charge on any atom is 0.407 e. The van der Waals surface area contributed by atoms with Crippen LogP contribution < -0.4 is 20.7 Å². The number of ether oxygens (including phenoxy) is 7. The van der Waals surface area contributed by atoms with Crippen molar-refractivity contribution in [1.29, 1.82) is 0 Å². The zero-order valence-corrected chi connectivity index (χ0v) is 46.0. The van der Waals surface area contributed by atoms with E-state index in [4.69, 9.17) is 33.2 Å². The fourth-order valence-electron chi connectivity index (χ4n) is 8.30. The number of amides is 2. The number of sulfonamides is 1. The zero-order chi connectivity index (χ0) is 53.9. The average Bonchev–Trinajstić information content (AvgIpc) is 3.97. The molecule has 0 aliphatic carbocycles. The number of hydrogen-bond donors (Lipinski definition) is 5. The molecule has 2 heterocycles. The van der Waals surface area contributed by atoms with Gasteiger partial charge in [-0.25, -0.2) is 18.0 Å². The van der Waals surface area contributed by atoms with Crippen molar-refractivity contribution in [3.05, 3.63) is 96.1 Å². The summed E-state index contributed by atoms with van der Waals surface area (Å²) in [5.74, 6) is -0.301. The number of alkyl carbamates (subject to hydrolysis) is 2. The molecule has 6 atom stereocenters. The van der Waals surface area contributed by atoms with Gasteiger partial charge in [0.25, 0.3) is 0 Å². The van der Waals surface area contributed by atoms with Gasteiger partial charge in [0.05, 0.1) is 62.7 Å². The lowest BCUT2D eigenvalue weighted by molar-refractivity contribution is -0.149. The third kappa shape index (κ3) is 22.6. The molecule has 73 heavy (non-hydrogen) atoms. The number of methoxy groups -OCH3 is 1. The van der Waals surface area contributed by atoms with E-state index in [-0.39, 0.29) is 30.3 Å². The highest BCUT2D eigenvalue weighted by Gasteiger charge is 2.36. The van der Waals surface area contributed by atoms with Crippen LogP contribution in [0.4, 0.5) is 9.59 Å². The topological polar surface area (TPSA) is 213 Å². The summed E-state index contributed by atoms with van der Waals surface area (Å²) in [4.78, 5) is 25.1. The van der Waals surface area contributed by atoms with Crippen LogP contribution in [-0.2, 0) is 51.3 Å². The molecule has 3 aromatic rings. The van der Waals surface area contributed by atoms with Gasteiger partial charge in [-0.3, -0.25) is 0 Å². The van der Waals surface area contributed by atoms with E-state index in [9.17, 15) is 28.2 Å². The van der Waals surface area contributed by atoms with Crippen molar-refractivity contribution in [2.75, 3.05) is 59.7 Å². The van der Waals surface area contributed by atoms with Gasteiger partial charge in [-0.05, 0) is 135 Å². The van der Waals surface area contributed by atoms with Gasteiger partial charge < -0.3 is 59.3 Å². The van der Waals surface area contributed by atoms with Crippen LogP contribution in [0.3, 0.4) is 0 Å². The first-order valence-corrected chi connectivity index (χ1v) is 27.0. The molecule has 410 valence electrons. The molecular weight excluding hydrogens is 957 g/mol. The molecule has 5 rings (SSSR count). The third-order valence-electron chi connectivity index (χ3n) is 12.4. The molecule has 0 radical (unpaired) electrons. The Morgan fingerprint density at radius 1 is 0.644 bits per heavy atom. The Balaban J connectivity index is 0.000000332. The van der Waals surface area contributed by atoms with E-state index >= 15 is 0 Å². The molecule has 0 aromatic heterocycles. The first-order chi connectivity index (χ1) is 34.3. The van der Waals surface area contributed by atoms with Crippen LogP contribution in [0.1, 0.15) is 106 Å². The van der Waals surface area contributed by atoms with Gasteiger partial charge >= 0.3 is 12.2 Å². The van der Waals surface area contributed by atoms with Crippen molar-refractivity contribution >= 4 is 22.2 Å². The number of benzene rings is 3. The second-order valence-electron chi connectivity index (χ2n) is 21.6. The molecule has 0 saturated carbocycles. The normalized spacial score (nSPS) is 18.1. The molecule has 2 saturated heterocycles. The second-order valence-corrected chi connectivity index (χ2v) is 23.6. The van der Waals surface area contributed by atoms with E-state index in [1.54, 1.807) is 32.9 Å². The van der Waals surface area contributed by atoms with Crippen LogP contribution in [0.2, 0.25) is 0 Å². The first-order valence-electron chi connectivity index (χ1n) is 25.6. The van der Waals surface area contributed by atoms with Crippen LogP contribution in [0.15, 0.2) is 89.8 Å². The van der Waals surface area contributed by atoms with E-state index in [1.165, 1.54) is 23.5 Å².